The van der Waals surface area contributed by atoms with Crippen LogP contribution < -0.4 is 0 Å². The number of benzene rings is 1. The van der Waals surface area contributed by atoms with Crippen LogP contribution in [0.4, 0.5) is 0 Å². The van der Waals surface area contributed by atoms with Gasteiger partial charge in [0.2, 0.25) is 0 Å². The minimum absolute atomic E-state index is 0.518. The van der Waals surface area contributed by atoms with Gasteiger partial charge in [-0.15, -0.1) is 0 Å². The fraction of sp³-hybridized carbons (Fsp3) is 0.625. The molecule has 2 heteroatoms. The second-order valence-electron chi connectivity index (χ2n) is 5.89. The van der Waals surface area contributed by atoms with E-state index in [4.69, 9.17) is 4.74 Å². The lowest BCUT2D eigenvalue weighted by Crippen LogP contribution is -2.45. The van der Waals surface area contributed by atoms with E-state index < -0.39 is 0 Å². The summed E-state index contributed by atoms with van der Waals surface area (Å²) >= 11 is 0. The van der Waals surface area contributed by atoms with E-state index in [9.17, 15) is 0 Å². The van der Waals surface area contributed by atoms with Crippen LogP contribution in [0.15, 0.2) is 30.3 Å². The van der Waals surface area contributed by atoms with Crippen molar-refractivity contribution in [1.82, 2.24) is 4.90 Å². The predicted octanol–water partition coefficient (Wildman–Crippen LogP) is 3.22. The summed E-state index contributed by atoms with van der Waals surface area (Å²) in [5.74, 6) is 0. The van der Waals surface area contributed by atoms with Crippen LogP contribution >= 0.6 is 0 Å². The Balaban J connectivity index is 1.72. The highest BCUT2D eigenvalue weighted by Gasteiger charge is 2.49. The molecule has 18 heavy (non-hydrogen) atoms. The Hall–Kier alpha value is -0.860. The van der Waals surface area contributed by atoms with Crippen LogP contribution in [-0.2, 0) is 11.3 Å². The molecule has 0 radical (unpaired) electrons. The SMILES string of the molecule is CC(C)N(Cc1ccccc1)[C@@H]1CCC[C@@H]2O[C@@H]21. The van der Waals surface area contributed by atoms with E-state index in [0.29, 0.717) is 24.3 Å². The zero-order valence-corrected chi connectivity index (χ0v) is 11.4. The van der Waals surface area contributed by atoms with Gasteiger partial charge in [-0.05, 0) is 38.7 Å². The van der Waals surface area contributed by atoms with Crippen LogP contribution in [0, 0.1) is 0 Å². The maximum atomic E-state index is 5.82. The van der Waals surface area contributed by atoms with Gasteiger partial charge in [0.25, 0.3) is 0 Å². The van der Waals surface area contributed by atoms with E-state index in [0.717, 1.165) is 6.54 Å². The Kier molecular flexibility index (Phi) is 3.40. The summed E-state index contributed by atoms with van der Waals surface area (Å²) < 4.78 is 5.82. The summed E-state index contributed by atoms with van der Waals surface area (Å²) in [5, 5.41) is 0. The maximum absolute atomic E-state index is 5.82. The molecule has 1 saturated carbocycles. The molecule has 1 heterocycles. The van der Waals surface area contributed by atoms with Gasteiger partial charge in [-0.1, -0.05) is 30.3 Å². The Morgan fingerprint density at radius 3 is 2.72 bits per heavy atom. The maximum Gasteiger partial charge on any atom is 0.0996 e. The van der Waals surface area contributed by atoms with Gasteiger partial charge in [-0.3, -0.25) is 4.90 Å². The zero-order chi connectivity index (χ0) is 12.5. The van der Waals surface area contributed by atoms with Crippen LogP contribution in [-0.4, -0.2) is 29.2 Å². The lowest BCUT2D eigenvalue weighted by molar-refractivity contribution is 0.108. The van der Waals surface area contributed by atoms with Gasteiger partial charge in [-0.25, -0.2) is 0 Å². The smallest absolute Gasteiger partial charge is 0.0996 e. The van der Waals surface area contributed by atoms with E-state index >= 15 is 0 Å². The molecule has 1 aliphatic carbocycles. The molecule has 2 nitrogen and oxygen atoms in total. The van der Waals surface area contributed by atoms with E-state index in [1.807, 2.05) is 0 Å². The average molecular weight is 245 g/mol. The number of rotatable bonds is 4. The lowest BCUT2D eigenvalue weighted by Gasteiger charge is -2.35. The third-order valence-electron chi connectivity index (χ3n) is 4.29. The van der Waals surface area contributed by atoms with E-state index in [2.05, 4.69) is 49.1 Å². The second kappa shape index (κ2) is 5.02. The van der Waals surface area contributed by atoms with Crippen molar-refractivity contribution in [1.29, 1.82) is 0 Å². The minimum Gasteiger partial charge on any atom is -0.368 e. The Morgan fingerprint density at radius 2 is 2.00 bits per heavy atom. The predicted molar refractivity (Wildman–Crippen MR) is 73.4 cm³/mol. The van der Waals surface area contributed by atoms with Crippen molar-refractivity contribution in [2.24, 2.45) is 0 Å². The standard InChI is InChI=1S/C16H23NO/c1-12(2)17(11-13-7-4-3-5-8-13)14-9-6-10-15-16(14)18-15/h3-5,7-8,12,14-16H,6,9-11H2,1-2H3/t14-,15+,16-/m1/s1. The summed E-state index contributed by atoms with van der Waals surface area (Å²) in [6, 6.07) is 12.0. The van der Waals surface area contributed by atoms with Gasteiger partial charge in [0.15, 0.2) is 0 Å². The molecule has 1 aromatic carbocycles. The highest BCUT2D eigenvalue weighted by molar-refractivity contribution is 5.15. The quantitative estimate of drug-likeness (QED) is 0.757. The third kappa shape index (κ3) is 2.45. The van der Waals surface area contributed by atoms with Gasteiger partial charge in [0.1, 0.15) is 0 Å². The summed E-state index contributed by atoms with van der Waals surface area (Å²) in [6.07, 6.45) is 4.99. The zero-order valence-electron chi connectivity index (χ0n) is 11.4. The molecule has 3 rings (SSSR count). The molecule has 0 bridgehead atoms. The third-order valence-corrected chi connectivity index (χ3v) is 4.29. The number of fused-ring (bicyclic) bond motifs is 1. The number of epoxide rings is 1. The van der Waals surface area contributed by atoms with Crippen LogP contribution in [0.3, 0.4) is 0 Å². The summed E-state index contributed by atoms with van der Waals surface area (Å²) in [6.45, 7) is 5.65. The monoisotopic (exact) mass is 245 g/mol. The van der Waals surface area contributed by atoms with E-state index in [1.54, 1.807) is 0 Å². The fourth-order valence-corrected chi connectivity index (χ4v) is 3.25. The topological polar surface area (TPSA) is 15.8 Å². The summed E-state index contributed by atoms with van der Waals surface area (Å²) in [4.78, 5) is 2.62. The molecule has 1 aliphatic heterocycles. The van der Waals surface area contributed by atoms with Crippen molar-refractivity contribution in [2.75, 3.05) is 0 Å². The van der Waals surface area contributed by atoms with Crippen molar-refractivity contribution in [3.63, 3.8) is 0 Å². The van der Waals surface area contributed by atoms with Crippen molar-refractivity contribution >= 4 is 0 Å². The first-order chi connectivity index (χ1) is 8.75. The highest BCUT2D eigenvalue weighted by Crippen LogP contribution is 2.40. The second-order valence-corrected chi connectivity index (χ2v) is 5.89. The van der Waals surface area contributed by atoms with Crippen molar-refractivity contribution in [2.45, 2.75) is 63.9 Å². The van der Waals surface area contributed by atoms with E-state index in [1.165, 1.54) is 24.8 Å². The largest absolute Gasteiger partial charge is 0.368 e. The molecule has 0 N–H and O–H groups in total. The average Bonchev–Trinajstić information content (AvgIpc) is 3.16. The van der Waals surface area contributed by atoms with Gasteiger partial charge < -0.3 is 4.74 Å². The first kappa shape index (κ1) is 12.2. The molecule has 0 unspecified atom stereocenters. The van der Waals surface area contributed by atoms with Crippen LogP contribution in [0.25, 0.3) is 0 Å². The molecule has 2 aliphatic rings. The minimum atomic E-state index is 0.518. The Bertz CT molecular complexity index is 389. The van der Waals surface area contributed by atoms with Crippen LogP contribution in [0.5, 0.6) is 0 Å². The molecule has 3 atom stereocenters. The summed E-state index contributed by atoms with van der Waals surface area (Å²) in [5.41, 5.74) is 1.41. The van der Waals surface area contributed by atoms with Crippen LogP contribution in [0.1, 0.15) is 38.7 Å². The summed E-state index contributed by atoms with van der Waals surface area (Å²) in [7, 11) is 0. The van der Waals surface area contributed by atoms with E-state index in [-0.39, 0.29) is 0 Å². The first-order valence-electron chi connectivity index (χ1n) is 7.21. The van der Waals surface area contributed by atoms with Crippen molar-refractivity contribution < 1.29 is 4.74 Å². The molecule has 1 aromatic rings. The normalized spacial score (nSPS) is 30.6. The number of nitrogens with zero attached hydrogens (tertiary/aromatic N) is 1. The first-order valence-corrected chi connectivity index (χ1v) is 7.21. The molecule has 98 valence electrons. The molecule has 0 aromatic heterocycles. The van der Waals surface area contributed by atoms with Gasteiger partial charge in [-0.2, -0.15) is 0 Å². The van der Waals surface area contributed by atoms with Crippen molar-refractivity contribution in [3.8, 4) is 0 Å². The molecule has 0 spiro atoms. The molecular weight excluding hydrogens is 222 g/mol. The molecule has 2 fully saturated rings. The van der Waals surface area contributed by atoms with Gasteiger partial charge >= 0.3 is 0 Å². The Morgan fingerprint density at radius 1 is 1.22 bits per heavy atom. The lowest BCUT2D eigenvalue weighted by atomic mass is 9.93. The molecule has 0 amide bonds. The number of hydrogen-bond acceptors (Lipinski definition) is 2. The number of hydrogen-bond donors (Lipinski definition) is 0. The van der Waals surface area contributed by atoms with Crippen molar-refractivity contribution in [3.05, 3.63) is 35.9 Å². The van der Waals surface area contributed by atoms with Gasteiger partial charge in [0.05, 0.1) is 12.2 Å². The Labute approximate surface area is 110 Å². The van der Waals surface area contributed by atoms with Crippen LogP contribution in [0.2, 0.25) is 0 Å². The fourth-order valence-electron chi connectivity index (χ4n) is 3.25. The molecule has 1 saturated heterocycles. The van der Waals surface area contributed by atoms with Gasteiger partial charge in [0, 0.05) is 18.6 Å². The highest BCUT2D eigenvalue weighted by atomic mass is 16.6. The number of ether oxygens (including phenoxy) is 1. The molecular formula is C16H23NO.